The largest absolute Gasteiger partial charge is 0.493 e. The van der Waals surface area contributed by atoms with E-state index >= 15 is 0 Å². The smallest absolute Gasteiger partial charge is 0.137 e. The van der Waals surface area contributed by atoms with E-state index in [1.54, 1.807) is 0 Å². The molecule has 4 nitrogen and oxygen atoms in total. The number of hydrogen-bond donors (Lipinski definition) is 1. The number of imidazole rings is 1. The second kappa shape index (κ2) is 5.35. The first kappa shape index (κ1) is 12.7. The van der Waals surface area contributed by atoms with E-state index in [4.69, 9.17) is 10.5 Å². The maximum Gasteiger partial charge on any atom is 0.137 e. The van der Waals surface area contributed by atoms with Gasteiger partial charge in [0.2, 0.25) is 0 Å². The number of pyridine rings is 1. The standard InChI is InChI=1S/C16H17N3O/c1-2-20-15-6-4-3-5-13(15)14-11-19-8-7-12(10-17)9-16(19)18-14/h3-9,11H,2,10,17H2,1H3. The Kier molecular flexibility index (Phi) is 3.39. The van der Waals surface area contributed by atoms with Crippen molar-refractivity contribution in [3.05, 3.63) is 54.4 Å². The van der Waals surface area contributed by atoms with Crippen LogP contribution in [-0.2, 0) is 6.54 Å². The highest BCUT2D eigenvalue weighted by molar-refractivity contribution is 5.69. The molecule has 0 radical (unpaired) electrons. The molecule has 0 aliphatic carbocycles. The third kappa shape index (κ3) is 2.26. The van der Waals surface area contributed by atoms with Gasteiger partial charge in [0.1, 0.15) is 11.4 Å². The van der Waals surface area contributed by atoms with Crippen molar-refractivity contribution < 1.29 is 4.74 Å². The minimum atomic E-state index is 0.522. The van der Waals surface area contributed by atoms with Gasteiger partial charge >= 0.3 is 0 Å². The molecular formula is C16H17N3O. The SMILES string of the molecule is CCOc1ccccc1-c1cn2ccc(CN)cc2n1. The Labute approximate surface area is 117 Å². The molecule has 2 heterocycles. The number of hydrogen-bond acceptors (Lipinski definition) is 3. The highest BCUT2D eigenvalue weighted by atomic mass is 16.5. The third-order valence-corrected chi connectivity index (χ3v) is 3.22. The first-order valence-corrected chi connectivity index (χ1v) is 6.71. The van der Waals surface area contributed by atoms with Crippen molar-refractivity contribution in [3.63, 3.8) is 0 Å². The highest BCUT2D eigenvalue weighted by Crippen LogP contribution is 2.29. The molecule has 2 aromatic heterocycles. The molecule has 0 amide bonds. The second-order valence-corrected chi connectivity index (χ2v) is 4.56. The summed E-state index contributed by atoms with van der Waals surface area (Å²) in [5, 5.41) is 0. The van der Waals surface area contributed by atoms with Crippen LogP contribution < -0.4 is 10.5 Å². The van der Waals surface area contributed by atoms with Gasteiger partial charge in [-0.25, -0.2) is 4.98 Å². The molecule has 0 saturated carbocycles. The lowest BCUT2D eigenvalue weighted by atomic mass is 10.1. The van der Waals surface area contributed by atoms with Crippen LogP contribution in [0.2, 0.25) is 0 Å². The molecule has 1 aromatic carbocycles. The summed E-state index contributed by atoms with van der Waals surface area (Å²) in [6.07, 6.45) is 3.99. The summed E-state index contributed by atoms with van der Waals surface area (Å²) in [5.41, 5.74) is 9.55. The van der Waals surface area contributed by atoms with Gasteiger partial charge in [-0.15, -0.1) is 0 Å². The molecule has 0 unspecified atom stereocenters. The molecule has 20 heavy (non-hydrogen) atoms. The summed E-state index contributed by atoms with van der Waals surface area (Å²) in [6, 6.07) is 12.0. The Hall–Kier alpha value is -2.33. The summed E-state index contributed by atoms with van der Waals surface area (Å²) in [6.45, 7) is 3.14. The Bertz CT molecular complexity index is 733. The van der Waals surface area contributed by atoms with E-state index in [-0.39, 0.29) is 0 Å². The molecule has 0 saturated heterocycles. The zero-order valence-electron chi connectivity index (χ0n) is 11.4. The van der Waals surface area contributed by atoms with Crippen LogP contribution in [0.1, 0.15) is 12.5 Å². The van der Waals surface area contributed by atoms with Crippen molar-refractivity contribution in [2.75, 3.05) is 6.61 Å². The van der Waals surface area contributed by atoms with Gasteiger partial charge in [0.15, 0.2) is 0 Å². The van der Waals surface area contributed by atoms with E-state index in [0.29, 0.717) is 13.2 Å². The minimum absolute atomic E-state index is 0.522. The van der Waals surface area contributed by atoms with E-state index in [1.165, 1.54) is 0 Å². The Morgan fingerprint density at radius 2 is 2.10 bits per heavy atom. The summed E-state index contributed by atoms with van der Waals surface area (Å²) < 4.78 is 7.66. The molecule has 0 aliphatic heterocycles. The molecule has 0 bridgehead atoms. The quantitative estimate of drug-likeness (QED) is 0.790. The number of nitrogens with two attached hydrogens (primary N) is 1. The summed E-state index contributed by atoms with van der Waals surface area (Å²) in [5.74, 6) is 0.859. The lowest BCUT2D eigenvalue weighted by Crippen LogP contribution is -1.96. The van der Waals surface area contributed by atoms with Gasteiger partial charge < -0.3 is 14.9 Å². The molecule has 0 fully saturated rings. The predicted molar refractivity (Wildman–Crippen MR) is 79.7 cm³/mol. The molecule has 2 N–H and O–H groups in total. The first-order valence-electron chi connectivity index (χ1n) is 6.71. The van der Waals surface area contributed by atoms with Crippen molar-refractivity contribution in [2.24, 2.45) is 5.73 Å². The summed E-state index contributed by atoms with van der Waals surface area (Å²) in [4.78, 5) is 4.66. The molecule has 3 rings (SSSR count). The fourth-order valence-corrected chi connectivity index (χ4v) is 2.24. The van der Waals surface area contributed by atoms with E-state index < -0.39 is 0 Å². The molecule has 0 atom stereocenters. The molecule has 0 spiro atoms. The van der Waals surface area contributed by atoms with Crippen molar-refractivity contribution in [2.45, 2.75) is 13.5 Å². The van der Waals surface area contributed by atoms with Crippen LogP contribution in [0.3, 0.4) is 0 Å². The van der Waals surface area contributed by atoms with E-state index in [2.05, 4.69) is 4.98 Å². The number of rotatable bonds is 4. The average Bonchev–Trinajstić information content (AvgIpc) is 2.90. The van der Waals surface area contributed by atoms with Gasteiger partial charge in [0.05, 0.1) is 12.3 Å². The Morgan fingerprint density at radius 3 is 2.90 bits per heavy atom. The first-order chi connectivity index (χ1) is 9.81. The van der Waals surface area contributed by atoms with Crippen LogP contribution in [-0.4, -0.2) is 16.0 Å². The maximum absolute atomic E-state index is 5.67. The van der Waals surface area contributed by atoms with Crippen molar-refractivity contribution in [1.82, 2.24) is 9.38 Å². The lowest BCUT2D eigenvalue weighted by molar-refractivity contribution is 0.341. The second-order valence-electron chi connectivity index (χ2n) is 4.56. The number of aromatic nitrogens is 2. The third-order valence-electron chi connectivity index (χ3n) is 3.22. The number of fused-ring (bicyclic) bond motifs is 1. The van der Waals surface area contributed by atoms with Gasteiger partial charge in [-0.1, -0.05) is 12.1 Å². The van der Waals surface area contributed by atoms with Crippen LogP contribution in [0, 0.1) is 0 Å². The topological polar surface area (TPSA) is 52.5 Å². The average molecular weight is 267 g/mol. The van der Waals surface area contributed by atoms with E-state index in [9.17, 15) is 0 Å². The maximum atomic E-state index is 5.67. The van der Waals surface area contributed by atoms with Crippen LogP contribution >= 0.6 is 0 Å². The summed E-state index contributed by atoms with van der Waals surface area (Å²) >= 11 is 0. The van der Waals surface area contributed by atoms with Gasteiger partial charge in [-0.2, -0.15) is 0 Å². The fraction of sp³-hybridized carbons (Fsp3) is 0.188. The molecule has 4 heteroatoms. The zero-order valence-corrected chi connectivity index (χ0v) is 11.4. The monoisotopic (exact) mass is 267 g/mol. The molecular weight excluding hydrogens is 250 g/mol. The van der Waals surface area contributed by atoms with Crippen LogP contribution in [0.25, 0.3) is 16.9 Å². The van der Waals surface area contributed by atoms with Gasteiger partial charge in [-0.3, -0.25) is 0 Å². The molecule has 0 aliphatic rings. The molecule has 102 valence electrons. The summed E-state index contributed by atoms with van der Waals surface area (Å²) in [7, 11) is 0. The van der Waals surface area contributed by atoms with Crippen LogP contribution in [0.15, 0.2) is 48.8 Å². The lowest BCUT2D eigenvalue weighted by Gasteiger charge is -2.07. The van der Waals surface area contributed by atoms with Crippen LogP contribution in [0.4, 0.5) is 0 Å². The zero-order chi connectivity index (χ0) is 13.9. The Morgan fingerprint density at radius 1 is 1.25 bits per heavy atom. The number of benzene rings is 1. The minimum Gasteiger partial charge on any atom is -0.493 e. The number of ether oxygens (including phenoxy) is 1. The highest BCUT2D eigenvalue weighted by Gasteiger charge is 2.09. The number of para-hydroxylation sites is 1. The fourth-order valence-electron chi connectivity index (χ4n) is 2.24. The van der Waals surface area contributed by atoms with E-state index in [0.717, 1.165) is 28.2 Å². The predicted octanol–water partition coefficient (Wildman–Crippen LogP) is 2.86. The van der Waals surface area contributed by atoms with Gasteiger partial charge in [0, 0.05) is 24.5 Å². The van der Waals surface area contributed by atoms with Gasteiger partial charge in [0.25, 0.3) is 0 Å². The van der Waals surface area contributed by atoms with Gasteiger partial charge in [-0.05, 0) is 36.8 Å². The normalized spacial score (nSPS) is 10.9. The van der Waals surface area contributed by atoms with Crippen molar-refractivity contribution in [3.8, 4) is 17.0 Å². The number of nitrogens with zero attached hydrogens (tertiary/aromatic N) is 2. The van der Waals surface area contributed by atoms with Crippen molar-refractivity contribution in [1.29, 1.82) is 0 Å². The van der Waals surface area contributed by atoms with Crippen LogP contribution in [0.5, 0.6) is 5.75 Å². The van der Waals surface area contributed by atoms with E-state index in [1.807, 2.05) is 60.1 Å². The van der Waals surface area contributed by atoms with Crippen molar-refractivity contribution >= 4 is 5.65 Å². The Balaban J connectivity index is 2.10. The molecule has 3 aromatic rings.